The van der Waals surface area contributed by atoms with Gasteiger partial charge in [-0.15, -0.1) is 0 Å². The van der Waals surface area contributed by atoms with Crippen LogP contribution in [0.3, 0.4) is 0 Å². The average molecular weight is 159 g/mol. The Bertz CT molecular complexity index is 158. The maximum atomic E-state index is 10.7. The maximum Gasteiger partial charge on any atom is 0.407 e. The number of hydrogen-bond donors (Lipinski definition) is 1. The van der Waals surface area contributed by atoms with Gasteiger partial charge in [0.15, 0.2) is 0 Å². The zero-order valence-corrected chi connectivity index (χ0v) is 7.01. The van der Waals surface area contributed by atoms with Crippen LogP contribution in [0.5, 0.6) is 0 Å². The number of carbonyl (C=O) groups is 2. The Balaban J connectivity index is 4.07. The summed E-state index contributed by atoms with van der Waals surface area (Å²) in [6.07, 6.45) is 0.664. The van der Waals surface area contributed by atoms with Crippen molar-refractivity contribution in [3.05, 3.63) is 0 Å². The minimum absolute atomic E-state index is 0.547. The molecule has 0 aliphatic heterocycles. The summed E-state index contributed by atoms with van der Waals surface area (Å²) in [5, 5.41) is 2.41. The smallest absolute Gasteiger partial charge is 0.407 e. The Morgan fingerprint density at radius 3 is 2.55 bits per heavy atom. The number of carbonyl (C=O) groups excluding carboxylic acids is 2. The van der Waals surface area contributed by atoms with Crippen molar-refractivity contribution in [2.75, 3.05) is 7.11 Å². The summed E-state index contributed by atoms with van der Waals surface area (Å²) < 4.78 is 4.34. The first-order valence-electron chi connectivity index (χ1n) is 3.40. The Hall–Kier alpha value is -1.06. The monoisotopic (exact) mass is 159 g/mol. The number of hydrogen-bond acceptors (Lipinski definition) is 3. The zero-order valence-electron chi connectivity index (χ0n) is 7.01. The molecule has 1 atom stereocenters. The van der Waals surface area contributed by atoms with Crippen molar-refractivity contribution in [1.29, 1.82) is 0 Å². The van der Waals surface area contributed by atoms with Gasteiger partial charge in [-0.3, -0.25) is 0 Å². The van der Waals surface area contributed by atoms with Gasteiger partial charge in [-0.05, 0) is 13.3 Å². The highest BCUT2D eigenvalue weighted by Crippen LogP contribution is 2.04. The molecule has 0 heterocycles. The Morgan fingerprint density at radius 1 is 1.73 bits per heavy atom. The lowest BCUT2D eigenvalue weighted by Crippen LogP contribution is -2.46. The molecule has 0 spiro atoms. The molecule has 64 valence electrons. The van der Waals surface area contributed by atoms with Gasteiger partial charge >= 0.3 is 6.09 Å². The molecule has 11 heavy (non-hydrogen) atoms. The molecule has 0 radical (unpaired) electrons. The number of amides is 1. The molecule has 0 aromatic rings. The number of methoxy groups -OCH3 is 1. The van der Waals surface area contributed by atoms with Crippen molar-refractivity contribution in [3.8, 4) is 0 Å². The van der Waals surface area contributed by atoms with E-state index in [-0.39, 0.29) is 0 Å². The molecule has 1 amide bonds. The molecule has 0 aromatic carbocycles. The molecule has 0 aliphatic rings. The van der Waals surface area contributed by atoms with E-state index in [1.165, 1.54) is 7.11 Å². The highest BCUT2D eigenvalue weighted by Gasteiger charge is 2.23. The molecule has 1 N–H and O–H groups in total. The van der Waals surface area contributed by atoms with E-state index < -0.39 is 11.6 Å². The largest absolute Gasteiger partial charge is 0.453 e. The van der Waals surface area contributed by atoms with Crippen LogP contribution in [0.2, 0.25) is 0 Å². The fourth-order valence-electron chi connectivity index (χ4n) is 0.485. The minimum atomic E-state index is -0.799. The third kappa shape index (κ3) is 3.02. The Morgan fingerprint density at radius 2 is 2.27 bits per heavy atom. The van der Waals surface area contributed by atoms with E-state index in [2.05, 4.69) is 10.1 Å². The molecular weight excluding hydrogens is 146 g/mol. The van der Waals surface area contributed by atoms with Gasteiger partial charge in [-0.2, -0.15) is 0 Å². The molecule has 1 unspecified atom stereocenters. The molecule has 0 aliphatic carbocycles. The molecule has 0 rings (SSSR count). The topological polar surface area (TPSA) is 55.4 Å². The summed E-state index contributed by atoms with van der Waals surface area (Å²) in [5.41, 5.74) is -0.799. The predicted molar refractivity (Wildman–Crippen MR) is 40.3 cm³/mol. The Labute approximate surface area is 65.9 Å². The predicted octanol–water partition coefficient (Wildman–Crippen LogP) is 0.710. The molecule has 0 fully saturated rings. The summed E-state index contributed by atoms with van der Waals surface area (Å²) in [6, 6.07) is 0. The van der Waals surface area contributed by atoms with Crippen LogP contribution in [-0.4, -0.2) is 25.0 Å². The Kier molecular flexibility index (Phi) is 3.57. The van der Waals surface area contributed by atoms with Crippen LogP contribution in [0.25, 0.3) is 0 Å². The van der Waals surface area contributed by atoms with Crippen molar-refractivity contribution in [3.63, 3.8) is 0 Å². The summed E-state index contributed by atoms with van der Waals surface area (Å²) >= 11 is 0. The normalized spacial score (nSPS) is 14.8. The van der Waals surface area contributed by atoms with Crippen molar-refractivity contribution < 1.29 is 14.3 Å². The second-order valence-electron chi connectivity index (χ2n) is 2.51. The van der Waals surface area contributed by atoms with Gasteiger partial charge in [0.25, 0.3) is 0 Å². The maximum absolute atomic E-state index is 10.7. The molecule has 0 saturated heterocycles. The third-order valence-corrected chi connectivity index (χ3v) is 1.57. The molecule has 0 bridgehead atoms. The first-order valence-corrected chi connectivity index (χ1v) is 3.40. The van der Waals surface area contributed by atoms with E-state index in [1.54, 1.807) is 6.92 Å². The van der Waals surface area contributed by atoms with Crippen LogP contribution in [0.1, 0.15) is 20.3 Å². The summed E-state index contributed by atoms with van der Waals surface area (Å²) in [6.45, 7) is 3.45. The highest BCUT2D eigenvalue weighted by molar-refractivity contribution is 5.75. The quantitative estimate of drug-likeness (QED) is 0.617. The number of aldehydes is 1. The van der Waals surface area contributed by atoms with E-state index in [0.29, 0.717) is 12.7 Å². The van der Waals surface area contributed by atoms with Crippen LogP contribution in [0.4, 0.5) is 4.79 Å². The van der Waals surface area contributed by atoms with Gasteiger partial charge in [0.1, 0.15) is 6.29 Å². The van der Waals surface area contributed by atoms with E-state index in [9.17, 15) is 9.59 Å². The summed E-state index contributed by atoms with van der Waals surface area (Å²) in [5.74, 6) is 0. The number of alkyl carbamates (subject to hydrolysis) is 1. The number of nitrogens with one attached hydrogen (secondary N) is 1. The van der Waals surface area contributed by atoms with E-state index in [1.807, 2.05) is 6.92 Å². The second-order valence-corrected chi connectivity index (χ2v) is 2.51. The minimum Gasteiger partial charge on any atom is -0.453 e. The lowest BCUT2D eigenvalue weighted by Gasteiger charge is -2.21. The van der Waals surface area contributed by atoms with E-state index in [0.717, 1.165) is 0 Å². The van der Waals surface area contributed by atoms with Crippen molar-refractivity contribution >= 4 is 12.4 Å². The van der Waals surface area contributed by atoms with E-state index >= 15 is 0 Å². The number of ether oxygens (including phenoxy) is 1. The molecule has 0 aromatic heterocycles. The summed E-state index contributed by atoms with van der Waals surface area (Å²) in [4.78, 5) is 21.1. The van der Waals surface area contributed by atoms with Crippen molar-refractivity contribution in [1.82, 2.24) is 5.32 Å². The van der Waals surface area contributed by atoms with Gasteiger partial charge in [0.05, 0.1) is 12.6 Å². The SMILES string of the molecule is CCC(C)(C=O)NC(=O)OC. The van der Waals surface area contributed by atoms with Gasteiger partial charge in [-0.25, -0.2) is 4.79 Å². The lowest BCUT2D eigenvalue weighted by atomic mass is 10.0. The van der Waals surface area contributed by atoms with Crippen LogP contribution in [-0.2, 0) is 9.53 Å². The summed E-state index contributed by atoms with van der Waals surface area (Å²) in [7, 11) is 1.26. The van der Waals surface area contributed by atoms with Crippen molar-refractivity contribution in [2.24, 2.45) is 0 Å². The van der Waals surface area contributed by atoms with Crippen LogP contribution in [0, 0.1) is 0 Å². The van der Waals surface area contributed by atoms with Gasteiger partial charge < -0.3 is 14.8 Å². The number of rotatable bonds is 3. The fourth-order valence-corrected chi connectivity index (χ4v) is 0.485. The molecule has 4 nitrogen and oxygen atoms in total. The third-order valence-electron chi connectivity index (χ3n) is 1.57. The molecular formula is C7H13NO3. The van der Waals surface area contributed by atoms with Crippen LogP contribution >= 0.6 is 0 Å². The van der Waals surface area contributed by atoms with Crippen LogP contribution < -0.4 is 5.32 Å². The van der Waals surface area contributed by atoms with E-state index in [4.69, 9.17) is 0 Å². The highest BCUT2D eigenvalue weighted by atomic mass is 16.5. The fraction of sp³-hybridized carbons (Fsp3) is 0.714. The van der Waals surface area contributed by atoms with Gasteiger partial charge in [-0.1, -0.05) is 6.92 Å². The molecule has 0 saturated carbocycles. The zero-order chi connectivity index (χ0) is 8.91. The first-order chi connectivity index (χ1) is 5.08. The lowest BCUT2D eigenvalue weighted by molar-refractivity contribution is -0.112. The van der Waals surface area contributed by atoms with Gasteiger partial charge in [0, 0.05) is 0 Å². The first kappa shape index (κ1) is 9.94. The van der Waals surface area contributed by atoms with Crippen molar-refractivity contribution in [2.45, 2.75) is 25.8 Å². The standard InChI is InChI=1S/C7H13NO3/c1-4-7(2,5-9)8-6(10)11-3/h5H,4H2,1-3H3,(H,8,10). The van der Waals surface area contributed by atoms with Gasteiger partial charge in [0.2, 0.25) is 0 Å². The molecule has 4 heteroatoms. The van der Waals surface area contributed by atoms with Crippen LogP contribution in [0.15, 0.2) is 0 Å². The average Bonchev–Trinajstić information content (AvgIpc) is 2.04. The second kappa shape index (κ2) is 3.95.